The van der Waals surface area contributed by atoms with E-state index in [1.165, 1.54) is 0 Å². The summed E-state index contributed by atoms with van der Waals surface area (Å²) in [6.07, 6.45) is 0. The van der Waals surface area contributed by atoms with Crippen molar-refractivity contribution < 1.29 is 9.47 Å². The van der Waals surface area contributed by atoms with Crippen molar-refractivity contribution in [2.45, 2.75) is 6.92 Å². The Labute approximate surface area is 152 Å². The van der Waals surface area contributed by atoms with Gasteiger partial charge in [-0.1, -0.05) is 30.3 Å². The Hall–Kier alpha value is -3.52. The summed E-state index contributed by atoms with van der Waals surface area (Å²) in [6.45, 7) is 1.88. The Kier molecular flexibility index (Phi) is 4.76. The second kappa shape index (κ2) is 7.16. The highest BCUT2D eigenvalue weighted by molar-refractivity contribution is 5.93. The minimum absolute atomic E-state index is 0.210. The van der Waals surface area contributed by atoms with Gasteiger partial charge in [0.25, 0.3) is 0 Å². The number of nitrogen functional groups attached to an aromatic ring is 1. The third-order valence-corrected chi connectivity index (χ3v) is 4.25. The number of pyridine rings is 1. The van der Waals surface area contributed by atoms with E-state index in [9.17, 15) is 5.26 Å². The molecule has 0 fully saturated rings. The lowest BCUT2D eigenvalue weighted by Crippen LogP contribution is -2.04. The van der Waals surface area contributed by atoms with E-state index in [-0.39, 0.29) is 5.82 Å². The number of para-hydroxylation sites is 1. The van der Waals surface area contributed by atoms with Crippen LogP contribution in [-0.2, 0) is 0 Å². The fourth-order valence-corrected chi connectivity index (χ4v) is 3.09. The Morgan fingerprint density at radius 2 is 1.77 bits per heavy atom. The van der Waals surface area contributed by atoms with E-state index in [0.29, 0.717) is 17.1 Å². The van der Waals surface area contributed by atoms with Crippen LogP contribution in [0.15, 0.2) is 48.5 Å². The van der Waals surface area contributed by atoms with Gasteiger partial charge in [-0.15, -0.1) is 0 Å². The first-order valence-corrected chi connectivity index (χ1v) is 8.08. The van der Waals surface area contributed by atoms with Crippen LogP contribution in [0, 0.1) is 18.3 Å². The van der Waals surface area contributed by atoms with Crippen LogP contribution in [-0.4, -0.2) is 19.2 Å². The van der Waals surface area contributed by atoms with Gasteiger partial charge in [0.05, 0.1) is 14.2 Å². The number of aryl methyl sites for hydroxylation is 1. The number of hydrogen-bond acceptors (Lipinski definition) is 5. The summed E-state index contributed by atoms with van der Waals surface area (Å²) >= 11 is 0. The zero-order valence-corrected chi connectivity index (χ0v) is 14.9. The number of nitrogens with zero attached hydrogens (tertiary/aromatic N) is 2. The molecule has 1 heterocycles. The molecule has 0 atom stereocenters. The summed E-state index contributed by atoms with van der Waals surface area (Å²) in [5.74, 6) is 1.61. The van der Waals surface area contributed by atoms with Gasteiger partial charge in [0, 0.05) is 22.4 Å². The second-order valence-corrected chi connectivity index (χ2v) is 5.75. The normalized spacial score (nSPS) is 10.2. The molecule has 5 heteroatoms. The molecule has 3 rings (SSSR count). The van der Waals surface area contributed by atoms with E-state index < -0.39 is 0 Å². The fourth-order valence-electron chi connectivity index (χ4n) is 3.09. The lowest BCUT2D eigenvalue weighted by atomic mass is 9.89. The number of nitriles is 1. The quantitative estimate of drug-likeness (QED) is 0.766. The first-order valence-electron chi connectivity index (χ1n) is 8.08. The molecule has 0 aliphatic carbocycles. The van der Waals surface area contributed by atoms with Crippen LogP contribution in [0.1, 0.15) is 11.3 Å². The summed E-state index contributed by atoms with van der Waals surface area (Å²) < 4.78 is 10.9. The topological polar surface area (TPSA) is 81.2 Å². The molecule has 0 aliphatic rings. The van der Waals surface area contributed by atoms with E-state index in [2.05, 4.69) is 11.1 Å². The number of nitrogens with two attached hydrogens (primary N) is 1. The van der Waals surface area contributed by atoms with E-state index in [1.807, 2.05) is 55.5 Å². The third kappa shape index (κ3) is 2.93. The number of methoxy groups -OCH3 is 2. The van der Waals surface area contributed by atoms with Crippen molar-refractivity contribution in [3.63, 3.8) is 0 Å². The molecule has 2 N–H and O–H groups in total. The van der Waals surface area contributed by atoms with Gasteiger partial charge in [-0.25, -0.2) is 4.98 Å². The lowest BCUT2D eigenvalue weighted by Gasteiger charge is -2.18. The molecular formula is C21H19N3O2. The molecule has 26 heavy (non-hydrogen) atoms. The standard InChI is InChI=1S/C21H19N3O2/c1-13-19(16-9-4-5-10-18(16)26-3)20(17(12-22)21(23)24-13)14-7-6-8-15(11-14)25-2/h4-11H,1-3H3,(H2,23,24). The Morgan fingerprint density at radius 1 is 1.00 bits per heavy atom. The molecule has 0 amide bonds. The molecular weight excluding hydrogens is 326 g/mol. The van der Waals surface area contributed by atoms with Crippen LogP contribution in [0.25, 0.3) is 22.3 Å². The highest BCUT2D eigenvalue weighted by atomic mass is 16.5. The van der Waals surface area contributed by atoms with Gasteiger partial charge < -0.3 is 15.2 Å². The van der Waals surface area contributed by atoms with Gasteiger partial charge >= 0.3 is 0 Å². The average Bonchev–Trinajstić information content (AvgIpc) is 2.67. The van der Waals surface area contributed by atoms with Gasteiger partial charge in [-0.2, -0.15) is 5.26 Å². The van der Waals surface area contributed by atoms with E-state index >= 15 is 0 Å². The number of hydrogen-bond donors (Lipinski definition) is 1. The summed E-state index contributed by atoms with van der Waals surface area (Å²) in [5, 5.41) is 9.74. The summed E-state index contributed by atoms with van der Waals surface area (Å²) in [6, 6.07) is 17.4. The molecule has 0 radical (unpaired) electrons. The Bertz CT molecular complexity index is 1010. The first kappa shape index (κ1) is 17.3. The molecule has 0 aliphatic heterocycles. The van der Waals surface area contributed by atoms with Gasteiger partial charge in [-0.05, 0) is 30.7 Å². The van der Waals surface area contributed by atoms with E-state index in [1.54, 1.807) is 14.2 Å². The van der Waals surface area contributed by atoms with Gasteiger partial charge in [0.2, 0.25) is 0 Å². The van der Waals surface area contributed by atoms with Crippen molar-refractivity contribution in [3.05, 3.63) is 59.8 Å². The number of ether oxygens (including phenoxy) is 2. The fraction of sp³-hybridized carbons (Fsp3) is 0.143. The van der Waals surface area contributed by atoms with Crippen LogP contribution in [0.3, 0.4) is 0 Å². The predicted molar refractivity (Wildman–Crippen MR) is 102 cm³/mol. The summed E-state index contributed by atoms with van der Waals surface area (Å²) in [5.41, 5.74) is 10.4. The largest absolute Gasteiger partial charge is 0.497 e. The van der Waals surface area contributed by atoms with E-state index in [4.69, 9.17) is 15.2 Å². The highest BCUT2D eigenvalue weighted by Crippen LogP contribution is 2.42. The molecule has 3 aromatic rings. The third-order valence-electron chi connectivity index (χ3n) is 4.25. The Morgan fingerprint density at radius 3 is 2.46 bits per heavy atom. The zero-order chi connectivity index (χ0) is 18.7. The lowest BCUT2D eigenvalue weighted by molar-refractivity contribution is 0.415. The zero-order valence-electron chi connectivity index (χ0n) is 14.9. The van der Waals surface area contributed by atoms with Crippen LogP contribution in [0.2, 0.25) is 0 Å². The predicted octanol–water partition coefficient (Wildman–Crippen LogP) is 4.20. The number of rotatable bonds is 4. The molecule has 0 unspecified atom stereocenters. The van der Waals surface area contributed by atoms with Crippen molar-refractivity contribution >= 4 is 5.82 Å². The summed E-state index contributed by atoms with van der Waals surface area (Å²) in [4.78, 5) is 4.39. The van der Waals surface area contributed by atoms with Crippen LogP contribution in [0.5, 0.6) is 11.5 Å². The van der Waals surface area contributed by atoms with Crippen molar-refractivity contribution in [1.29, 1.82) is 5.26 Å². The minimum atomic E-state index is 0.210. The molecule has 0 spiro atoms. The summed E-state index contributed by atoms with van der Waals surface area (Å²) in [7, 11) is 3.23. The molecule has 1 aromatic heterocycles. The molecule has 5 nitrogen and oxygen atoms in total. The van der Waals surface area contributed by atoms with E-state index in [0.717, 1.165) is 27.9 Å². The molecule has 0 bridgehead atoms. The number of benzene rings is 2. The van der Waals surface area contributed by atoms with Crippen molar-refractivity contribution in [2.75, 3.05) is 20.0 Å². The second-order valence-electron chi connectivity index (χ2n) is 5.75. The van der Waals surface area contributed by atoms with Crippen molar-refractivity contribution in [3.8, 4) is 39.8 Å². The average molecular weight is 345 g/mol. The molecule has 130 valence electrons. The Balaban J connectivity index is 2.43. The van der Waals surface area contributed by atoms with Crippen molar-refractivity contribution in [2.24, 2.45) is 0 Å². The number of anilines is 1. The van der Waals surface area contributed by atoms with Crippen LogP contribution in [0.4, 0.5) is 5.82 Å². The maximum atomic E-state index is 9.74. The maximum absolute atomic E-state index is 9.74. The SMILES string of the molecule is COc1cccc(-c2c(C#N)c(N)nc(C)c2-c2ccccc2OC)c1. The van der Waals surface area contributed by atoms with Crippen LogP contribution >= 0.6 is 0 Å². The van der Waals surface area contributed by atoms with Crippen molar-refractivity contribution in [1.82, 2.24) is 4.98 Å². The minimum Gasteiger partial charge on any atom is -0.497 e. The molecule has 2 aromatic carbocycles. The number of aromatic nitrogens is 1. The highest BCUT2D eigenvalue weighted by Gasteiger charge is 2.21. The maximum Gasteiger partial charge on any atom is 0.142 e. The van der Waals surface area contributed by atoms with Gasteiger partial charge in [-0.3, -0.25) is 0 Å². The van der Waals surface area contributed by atoms with Gasteiger partial charge in [0.15, 0.2) is 0 Å². The molecule has 0 saturated carbocycles. The van der Waals surface area contributed by atoms with Crippen LogP contribution < -0.4 is 15.2 Å². The smallest absolute Gasteiger partial charge is 0.142 e. The monoisotopic (exact) mass is 345 g/mol. The molecule has 0 saturated heterocycles. The first-order chi connectivity index (χ1) is 12.6. The van der Waals surface area contributed by atoms with Gasteiger partial charge in [0.1, 0.15) is 28.9 Å².